The lowest BCUT2D eigenvalue weighted by Gasteiger charge is -2.31. The molecule has 1 atom stereocenters. The predicted octanol–water partition coefficient (Wildman–Crippen LogP) is 4.46. The van der Waals surface area contributed by atoms with Crippen LogP contribution in [0.1, 0.15) is 22.7 Å². The molecule has 0 spiro atoms. The summed E-state index contributed by atoms with van der Waals surface area (Å²) in [6.07, 6.45) is 1.61. The van der Waals surface area contributed by atoms with Gasteiger partial charge in [0.2, 0.25) is 11.8 Å². The average molecular weight is 477 g/mol. The molecule has 3 aromatic carbocycles. The molecule has 6 nitrogen and oxygen atoms in total. The fraction of sp³-hybridized carbons (Fsp3) is 0.214. The van der Waals surface area contributed by atoms with Crippen LogP contribution in [0.4, 0.5) is 4.39 Å². The fourth-order valence-electron chi connectivity index (χ4n) is 3.75. The molecule has 1 N–H and O–H groups in total. The molecular weight excluding hydrogens is 447 g/mol. The number of rotatable bonds is 11. The average Bonchev–Trinajstić information content (AvgIpc) is 2.88. The van der Waals surface area contributed by atoms with Crippen molar-refractivity contribution in [1.29, 1.82) is 0 Å². The molecule has 182 valence electrons. The highest BCUT2D eigenvalue weighted by Gasteiger charge is 2.31. The van der Waals surface area contributed by atoms with Crippen molar-refractivity contribution in [1.82, 2.24) is 10.2 Å². The van der Waals surface area contributed by atoms with E-state index in [0.29, 0.717) is 28.2 Å². The number of ether oxygens (including phenoxy) is 2. The van der Waals surface area contributed by atoms with E-state index in [4.69, 9.17) is 9.47 Å². The number of halogens is 1. The Morgan fingerprint density at radius 3 is 2.26 bits per heavy atom. The minimum Gasteiger partial charge on any atom is -0.493 e. The van der Waals surface area contributed by atoms with E-state index in [2.05, 4.69) is 11.9 Å². The molecule has 3 rings (SSSR count). The Kier molecular flexibility index (Phi) is 9.01. The van der Waals surface area contributed by atoms with E-state index >= 15 is 0 Å². The Bertz CT molecular complexity index is 1150. The van der Waals surface area contributed by atoms with Gasteiger partial charge in [-0.15, -0.1) is 6.58 Å². The molecule has 0 saturated carbocycles. The van der Waals surface area contributed by atoms with Crippen LogP contribution < -0.4 is 14.8 Å². The third kappa shape index (κ3) is 6.69. The van der Waals surface area contributed by atoms with Gasteiger partial charge in [-0.1, -0.05) is 54.6 Å². The second kappa shape index (κ2) is 12.4. The zero-order chi connectivity index (χ0) is 25.2. The van der Waals surface area contributed by atoms with Gasteiger partial charge in [-0.25, -0.2) is 4.39 Å². The number of hydrogen-bond acceptors (Lipinski definition) is 4. The minimum absolute atomic E-state index is 0.0274. The van der Waals surface area contributed by atoms with Crippen molar-refractivity contribution in [3.63, 3.8) is 0 Å². The van der Waals surface area contributed by atoms with Crippen LogP contribution in [0.3, 0.4) is 0 Å². The van der Waals surface area contributed by atoms with E-state index in [0.717, 1.165) is 0 Å². The maximum absolute atomic E-state index is 13.7. The quantitative estimate of drug-likeness (QED) is 0.415. The number of carbonyl (C=O) groups is 2. The largest absolute Gasteiger partial charge is 0.493 e. The van der Waals surface area contributed by atoms with Crippen LogP contribution in [-0.4, -0.2) is 37.5 Å². The summed E-state index contributed by atoms with van der Waals surface area (Å²) in [4.78, 5) is 28.5. The van der Waals surface area contributed by atoms with Crippen LogP contribution in [0.25, 0.3) is 0 Å². The summed E-state index contributed by atoms with van der Waals surface area (Å²) < 4.78 is 24.2. The third-order valence-corrected chi connectivity index (χ3v) is 5.49. The smallest absolute Gasteiger partial charge is 0.247 e. The number of carbonyl (C=O) groups excluding carboxylic acids is 2. The van der Waals surface area contributed by atoms with Gasteiger partial charge in [0.05, 0.1) is 20.6 Å². The highest BCUT2D eigenvalue weighted by atomic mass is 19.1. The monoisotopic (exact) mass is 476 g/mol. The number of methoxy groups -OCH3 is 2. The summed E-state index contributed by atoms with van der Waals surface area (Å²) >= 11 is 0. The fourth-order valence-corrected chi connectivity index (χ4v) is 3.75. The van der Waals surface area contributed by atoms with Gasteiger partial charge < -0.3 is 19.7 Å². The summed E-state index contributed by atoms with van der Waals surface area (Å²) in [6, 6.07) is 19.3. The van der Waals surface area contributed by atoms with Crippen LogP contribution in [0.5, 0.6) is 11.5 Å². The molecule has 0 heterocycles. The van der Waals surface area contributed by atoms with E-state index in [1.54, 1.807) is 55.7 Å². The molecular formula is C28H29FN2O4. The van der Waals surface area contributed by atoms with E-state index in [-0.39, 0.29) is 37.1 Å². The van der Waals surface area contributed by atoms with Crippen molar-refractivity contribution in [2.75, 3.05) is 20.8 Å². The van der Waals surface area contributed by atoms with E-state index in [9.17, 15) is 14.0 Å². The lowest BCUT2D eigenvalue weighted by atomic mass is 10.0. The summed E-state index contributed by atoms with van der Waals surface area (Å²) in [6.45, 7) is 4.03. The molecule has 0 saturated heterocycles. The van der Waals surface area contributed by atoms with Gasteiger partial charge in [0.25, 0.3) is 0 Å². The molecule has 7 heteroatoms. The van der Waals surface area contributed by atoms with Gasteiger partial charge in [-0.05, 0) is 41.0 Å². The van der Waals surface area contributed by atoms with Gasteiger partial charge in [0.1, 0.15) is 11.9 Å². The highest BCUT2D eigenvalue weighted by molar-refractivity contribution is 5.89. The summed E-state index contributed by atoms with van der Waals surface area (Å²) in [5.74, 6) is 0.0763. The molecule has 3 aromatic rings. The zero-order valence-electron chi connectivity index (χ0n) is 19.9. The van der Waals surface area contributed by atoms with Crippen LogP contribution >= 0.6 is 0 Å². The molecule has 0 aliphatic rings. The maximum Gasteiger partial charge on any atom is 0.247 e. The van der Waals surface area contributed by atoms with Crippen LogP contribution in [-0.2, 0) is 22.6 Å². The molecule has 0 aliphatic heterocycles. The van der Waals surface area contributed by atoms with Crippen molar-refractivity contribution >= 4 is 11.8 Å². The van der Waals surface area contributed by atoms with Crippen molar-refractivity contribution in [2.24, 2.45) is 0 Å². The number of amides is 2. The van der Waals surface area contributed by atoms with Gasteiger partial charge >= 0.3 is 0 Å². The van der Waals surface area contributed by atoms with E-state index < -0.39 is 6.04 Å². The van der Waals surface area contributed by atoms with Crippen molar-refractivity contribution in [3.05, 3.63) is 108 Å². The van der Waals surface area contributed by atoms with Crippen molar-refractivity contribution in [2.45, 2.75) is 19.0 Å². The van der Waals surface area contributed by atoms with Crippen LogP contribution in [0.2, 0.25) is 0 Å². The number of nitrogens with zero attached hydrogens (tertiary/aromatic N) is 1. The molecule has 0 unspecified atom stereocenters. The maximum atomic E-state index is 13.7. The topological polar surface area (TPSA) is 67.9 Å². The Hall–Kier alpha value is -4.13. The molecule has 2 amide bonds. The Labute approximate surface area is 205 Å². The van der Waals surface area contributed by atoms with Gasteiger partial charge in [-0.2, -0.15) is 0 Å². The Morgan fingerprint density at radius 1 is 0.971 bits per heavy atom. The van der Waals surface area contributed by atoms with Gasteiger partial charge in [-0.3, -0.25) is 9.59 Å². The number of nitrogens with one attached hydrogen (secondary N) is 1. The second-order valence-corrected chi connectivity index (χ2v) is 7.86. The first-order valence-electron chi connectivity index (χ1n) is 11.1. The lowest BCUT2D eigenvalue weighted by molar-refractivity contribution is -0.141. The first-order valence-corrected chi connectivity index (χ1v) is 11.1. The first-order chi connectivity index (χ1) is 17.0. The van der Waals surface area contributed by atoms with Crippen LogP contribution in [0.15, 0.2) is 85.5 Å². The molecule has 0 bridgehead atoms. The van der Waals surface area contributed by atoms with E-state index in [1.807, 2.05) is 18.2 Å². The molecule has 0 aromatic heterocycles. The van der Waals surface area contributed by atoms with Crippen LogP contribution in [0, 0.1) is 5.82 Å². The number of benzene rings is 3. The standard InChI is InChI=1S/C28H29FN2O4/c1-4-16-30-28(33)27(22-8-6-5-7-9-22)31(19-20-10-13-23(29)14-11-20)26(32)18-21-12-15-24(34-2)25(17-21)35-3/h4-15,17,27H,1,16,18-19H2,2-3H3,(H,30,33)/t27-/m1/s1. The summed E-state index contributed by atoms with van der Waals surface area (Å²) in [5, 5.41) is 2.81. The Balaban J connectivity index is 2.00. The van der Waals surface area contributed by atoms with Crippen molar-refractivity contribution in [3.8, 4) is 11.5 Å². The molecule has 35 heavy (non-hydrogen) atoms. The minimum atomic E-state index is -0.895. The molecule has 0 radical (unpaired) electrons. The molecule has 0 aliphatic carbocycles. The Morgan fingerprint density at radius 2 is 1.63 bits per heavy atom. The normalized spacial score (nSPS) is 11.3. The SMILES string of the molecule is C=CCNC(=O)[C@@H](c1ccccc1)N(Cc1ccc(F)cc1)C(=O)Cc1ccc(OC)c(OC)c1. The lowest BCUT2D eigenvalue weighted by Crippen LogP contribution is -2.44. The highest BCUT2D eigenvalue weighted by Crippen LogP contribution is 2.29. The first kappa shape index (κ1) is 25.5. The summed E-state index contributed by atoms with van der Waals surface area (Å²) in [7, 11) is 3.07. The van der Waals surface area contributed by atoms with Gasteiger partial charge in [0, 0.05) is 13.1 Å². The van der Waals surface area contributed by atoms with E-state index in [1.165, 1.54) is 24.1 Å². The second-order valence-electron chi connectivity index (χ2n) is 7.86. The van der Waals surface area contributed by atoms with Gasteiger partial charge in [0.15, 0.2) is 11.5 Å². The molecule has 0 fully saturated rings. The predicted molar refractivity (Wildman–Crippen MR) is 133 cm³/mol. The summed E-state index contributed by atoms with van der Waals surface area (Å²) in [5.41, 5.74) is 2.07. The zero-order valence-corrected chi connectivity index (χ0v) is 19.9. The van der Waals surface area contributed by atoms with Crippen molar-refractivity contribution < 1.29 is 23.5 Å². The number of hydrogen-bond donors (Lipinski definition) is 1. The third-order valence-electron chi connectivity index (χ3n) is 5.49.